The van der Waals surface area contributed by atoms with Crippen LogP contribution in [0.15, 0.2) is 60.9 Å². The molecule has 2 aromatic heterocycles. The summed E-state index contributed by atoms with van der Waals surface area (Å²) in [7, 11) is 1.65. The highest BCUT2D eigenvalue weighted by molar-refractivity contribution is 7.15. The first-order valence-corrected chi connectivity index (χ1v) is 11.5. The van der Waals surface area contributed by atoms with Gasteiger partial charge in [0.25, 0.3) is 0 Å². The fourth-order valence-corrected chi connectivity index (χ4v) is 4.90. The third kappa shape index (κ3) is 4.80. The molecule has 5 nitrogen and oxygen atoms in total. The van der Waals surface area contributed by atoms with E-state index in [4.69, 9.17) is 4.74 Å². The number of hydrogen-bond donors (Lipinski definition) is 0. The molecule has 9 heteroatoms. The summed E-state index contributed by atoms with van der Waals surface area (Å²) >= 11 is 1.66. The van der Waals surface area contributed by atoms with Crippen LogP contribution >= 0.6 is 11.3 Å². The van der Waals surface area contributed by atoms with Crippen molar-refractivity contribution in [1.29, 1.82) is 0 Å². The summed E-state index contributed by atoms with van der Waals surface area (Å²) in [5, 5.41) is 0.954. The molecular weight excluding hydrogens is 461 g/mol. The van der Waals surface area contributed by atoms with E-state index in [9.17, 15) is 13.2 Å². The minimum atomic E-state index is -4.36. The van der Waals surface area contributed by atoms with Gasteiger partial charge in [-0.25, -0.2) is 15.0 Å². The molecule has 0 aliphatic carbocycles. The van der Waals surface area contributed by atoms with Crippen molar-refractivity contribution in [2.24, 2.45) is 0 Å². The van der Waals surface area contributed by atoms with Crippen molar-refractivity contribution >= 4 is 11.3 Å². The molecule has 0 spiro atoms. The molecule has 0 unspecified atom stereocenters. The molecule has 0 radical (unpaired) electrons. The Bertz CT molecular complexity index is 1300. The van der Waals surface area contributed by atoms with E-state index in [1.807, 2.05) is 30.5 Å². The number of rotatable bonds is 5. The Morgan fingerprint density at radius 1 is 1.03 bits per heavy atom. The van der Waals surface area contributed by atoms with Gasteiger partial charge in [-0.1, -0.05) is 24.3 Å². The number of fused-ring (bicyclic) bond motifs is 1. The first-order valence-electron chi connectivity index (χ1n) is 10.7. The smallest absolute Gasteiger partial charge is 0.416 e. The summed E-state index contributed by atoms with van der Waals surface area (Å²) in [5.41, 5.74) is 2.92. The normalized spacial score (nSPS) is 14.1. The summed E-state index contributed by atoms with van der Waals surface area (Å²) in [4.78, 5) is 17.1. The maximum Gasteiger partial charge on any atom is 0.416 e. The average molecular weight is 483 g/mol. The molecule has 0 fully saturated rings. The molecule has 0 saturated heterocycles. The number of thiazole rings is 1. The van der Waals surface area contributed by atoms with Crippen molar-refractivity contribution in [1.82, 2.24) is 19.9 Å². The van der Waals surface area contributed by atoms with Crippen LogP contribution in [0.2, 0.25) is 0 Å². The van der Waals surface area contributed by atoms with Crippen LogP contribution < -0.4 is 4.74 Å². The predicted molar refractivity (Wildman–Crippen MR) is 124 cm³/mol. The van der Waals surface area contributed by atoms with Gasteiger partial charge in [-0.2, -0.15) is 13.2 Å². The molecule has 0 amide bonds. The lowest BCUT2D eigenvalue weighted by molar-refractivity contribution is -0.137. The predicted octanol–water partition coefficient (Wildman–Crippen LogP) is 5.85. The molecular formula is C25H21F3N4OS. The maximum atomic E-state index is 12.8. The lowest BCUT2D eigenvalue weighted by Crippen LogP contribution is -2.30. The van der Waals surface area contributed by atoms with Crippen molar-refractivity contribution < 1.29 is 17.9 Å². The van der Waals surface area contributed by atoms with E-state index in [-0.39, 0.29) is 0 Å². The first kappa shape index (κ1) is 22.5. The molecule has 1 aliphatic rings. The van der Waals surface area contributed by atoms with Gasteiger partial charge in [-0.3, -0.25) is 4.90 Å². The van der Waals surface area contributed by atoms with Crippen molar-refractivity contribution in [3.8, 4) is 27.7 Å². The van der Waals surface area contributed by atoms with E-state index in [0.717, 1.165) is 65.8 Å². The van der Waals surface area contributed by atoms with E-state index in [2.05, 4.69) is 19.9 Å². The zero-order valence-corrected chi connectivity index (χ0v) is 19.2. The SMILES string of the molecule is COc1cccc(-c2ncc(CN3CCc4nc(-c5ccc(C(F)(F)F)cc5)ncc4C3)s2)c1. The molecule has 0 atom stereocenters. The second-order valence-electron chi connectivity index (χ2n) is 8.06. The van der Waals surface area contributed by atoms with Gasteiger partial charge in [0, 0.05) is 60.0 Å². The van der Waals surface area contributed by atoms with Crippen molar-refractivity contribution in [3.63, 3.8) is 0 Å². The van der Waals surface area contributed by atoms with E-state index in [1.165, 1.54) is 17.0 Å². The Hall–Kier alpha value is -3.30. The van der Waals surface area contributed by atoms with Gasteiger partial charge in [-0.05, 0) is 24.3 Å². The zero-order chi connectivity index (χ0) is 23.7. The van der Waals surface area contributed by atoms with Gasteiger partial charge in [0.15, 0.2) is 5.82 Å². The van der Waals surface area contributed by atoms with Crippen LogP contribution in [0, 0.1) is 0 Å². The summed E-state index contributed by atoms with van der Waals surface area (Å²) in [6.45, 7) is 2.33. The fourth-order valence-electron chi connectivity index (χ4n) is 3.95. The van der Waals surface area contributed by atoms with Gasteiger partial charge in [0.05, 0.1) is 18.4 Å². The molecule has 2 aromatic carbocycles. The topological polar surface area (TPSA) is 51.1 Å². The average Bonchev–Trinajstić information content (AvgIpc) is 3.32. The van der Waals surface area contributed by atoms with Crippen LogP contribution in [0.5, 0.6) is 5.75 Å². The number of methoxy groups -OCH3 is 1. The lowest BCUT2D eigenvalue weighted by Gasteiger charge is -2.27. The van der Waals surface area contributed by atoms with Crippen LogP contribution in [0.3, 0.4) is 0 Å². The fraction of sp³-hybridized carbons (Fsp3) is 0.240. The van der Waals surface area contributed by atoms with Crippen molar-refractivity contribution in [3.05, 3.63) is 82.6 Å². The van der Waals surface area contributed by atoms with Gasteiger partial charge < -0.3 is 4.74 Å². The Morgan fingerprint density at radius 3 is 2.62 bits per heavy atom. The van der Waals surface area contributed by atoms with Crippen molar-refractivity contribution in [2.75, 3.05) is 13.7 Å². The van der Waals surface area contributed by atoms with E-state index < -0.39 is 11.7 Å². The van der Waals surface area contributed by atoms with Gasteiger partial charge in [-0.15, -0.1) is 11.3 Å². The van der Waals surface area contributed by atoms with Gasteiger partial charge in [0.1, 0.15) is 10.8 Å². The Kier molecular flexibility index (Phi) is 6.05. The Labute approximate surface area is 198 Å². The minimum Gasteiger partial charge on any atom is -0.497 e. The third-order valence-corrected chi connectivity index (χ3v) is 6.76. The Morgan fingerprint density at radius 2 is 1.85 bits per heavy atom. The van der Waals surface area contributed by atoms with Gasteiger partial charge >= 0.3 is 6.18 Å². The highest BCUT2D eigenvalue weighted by atomic mass is 32.1. The standard InChI is InChI=1S/C25H21F3N4OS/c1-33-20-4-2-3-17(11-20)24-30-13-21(34-24)15-32-10-9-22-18(14-32)12-29-23(31-22)16-5-7-19(8-6-16)25(26,27)28/h2-8,11-13H,9-10,14-15H2,1H3. The monoisotopic (exact) mass is 482 g/mol. The molecule has 5 rings (SSSR count). The van der Waals surface area contributed by atoms with Crippen LogP contribution in [-0.4, -0.2) is 33.5 Å². The quantitative estimate of drug-likeness (QED) is 0.357. The molecule has 1 aliphatic heterocycles. The maximum absolute atomic E-state index is 12.8. The van der Waals surface area contributed by atoms with Crippen LogP contribution in [0.4, 0.5) is 13.2 Å². The minimum absolute atomic E-state index is 0.450. The molecule has 0 saturated carbocycles. The van der Waals surface area contributed by atoms with E-state index in [0.29, 0.717) is 11.4 Å². The molecule has 3 heterocycles. The third-order valence-electron chi connectivity index (χ3n) is 5.73. The van der Waals surface area contributed by atoms with Gasteiger partial charge in [0.2, 0.25) is 0 Å². The number of nitrogens with zero attached hydrogens (tertiary/aromatic N) is 4. The highest BCUT2D eigenvalue weighted by Gasteiger charge is 2.30. The van der Waals surface area contributed by atoms with Crippen LogP contribution in [0.25, 0.3) is 22.0 Å². The van der Waals surface area contributed by atoms with Crippen LogP contribution in [0.1, 0.15) is 21.7 Å². The van der Waals surface area contributed by atoms with E-state index in [1.54, 1.807) is 24.6 Å². The number of ether oxygens (including phenoxy) is 1. The molecule has 4 aromatic rings. The Balaban J connectivity index is 1.27. The number of alkyl halides is 3. The lowest BCUT2D eigenvalue weighted by atomic mass is 10.1. The molecule has 0 bridgehead atoms. The summed E-state index contributed by atoms with van der Waals surface area (Å²) in [6.07, 6.45) is 0.105. The molecule has 34 heavy (non-hydrogen) atoms. The summed E-state index contributed by atoms with van der Waals surface area (Å²) in [6, 6.07) is 12.8. The largest absolute Gasteiger partial charge is 0.497 e. The second kappa shape index (κ2) is 9.15. The number of aromatic nitrogens is 3. The number of halogens is 3. The molecule has 0 N–H and O–H groups in total. The van der Waals surface area contributed by atoms with Crippen LogP contribution in [-0.2, 0) is 25.7 Å². The van der Waals surface area contributed by atoms with E-state index >= 15 is 0 Å². The highest BCUT2D eigenvalue weighted by Crippen LogP contribution is 2.32. The number of benzene rings is 2. The zero-order valence-electron chi connectivity index (χ0n) is 18.3. The van der Waals surface area contributed by atoms with Crippen molar-refractivity contribution in [2.45, 2.75) is 25.7 Å². The number of hydrogen-bond acceptors (Lipinski definition) is 6. The summed E-state index contributed by atoms with van der Waals surface area (Å²) < 4.78 is 43.7. The summed E-state index contributed by atoms with van der Waals surface area (Å²) in [5.74, 6) is 1.25. The molecule has 174 valence electrons. The second-order valence-corrected chi connectivity index (χ2v) is 9.18. The first-order chi connectivity index (χ1) is 16.4.